The number of aliphatic hydroxyl groups excluding tert-OH is 1. The van der Waals surface area contributed by atoms with Crippen LogP contribution in [0.2, 0.25) is 0 Å². The number of carbonyl (C=O) groups excluding carboxylic acids is 2. The number of hydrogen-bond donors (Lipinski definition) is 1. The molecule has 31 heavy (non-hydrogen) atoms. The Kier molecular flexibility index (Phi) is 6.92. The first-order chi connectivity index (χ1) is 14.6. The van der Waals surface area contributed by atoms with Crippen molar-refractivity contribution in [3.05, 3.63) is 34.4 Å². The third-order valence-corrected chi connectivity index (χ3v) is 7.38. The number of nitro benzene ring substituents is 1. The van der Waals surface area contributed by atoms with Gasteiger partial charge in [-0.25, -0.2) is 8.42 Å². The van der Waals surface area contributed by atoms with E-state index >= 15 is 0 Å². The Bertz CT molecular complexity index is 961. The number of piperidine rings is 1. The van der Waals surface area contributed by atoms with Gasteiger partial charge in [-0.2, -0.15) is 4.31 Å². The zero-order valence-electron chi connectivity index (χ0n) is 17.0. The molecule has 3 rings (SSSR count). The van der Waals surface area contributed by atoms with Crippen molar-refractivity contribution in [3.63, 3.8) is 0 Å². The smallest absolute Gasteiger partial charge is 0.325 e. The fourth-order valence-electron chi connectivity index (χ4n) is 3.89. The Morgan fingerprint density at radius 3 is 2.52 bits per heavy atom. The average molecular weight is 455 g/mol. The summed E-state index contributed by atoms with van der Waals surface area (Å²) in [7, 11) is -4.48. The maximum absolute atomic E-state index is 13.1. The van der Waals surface area contributed by atoms with E-state index in [1.807, 2.05) is 0 Å². The Labute approximate surface area is 179 Å². The van der Waals surface area contributed by atoms with Gasteiger partial charge in [0.1, 0.15) is 6.04 Å². The van der Waals surface area contributed by atoms with E-state index in [0.717, 1.165) is 31.4 Å². The average Bonchev–Trinajstić information content (AvgIpc) is 3.16. The molecule has 2 aliphatic heterocycles. The monoisotopic (exact) mass is 455 g/mol. The Hall–Kier alpha value is -2.57. The van der Waals surface area contributed by atoms with E-state index in [2.05, 4.69) is 0 Å². The predicted octanol–water partition coefficient (Wildman–Crippen LogP) is 0.663. The minimum absolute atomic E-state index is 0.233. The number of nitro groups is 1. The molecule has 170 valence electrons. The molecule has 0 aliphatic carbocycles. The molecule has 2 heterocycles. The number of ether oxygens (including phenoxy) is 1. The van der Waals surface area contributed by atoms with Crippen LogP contribution in [0, 0.1) is 10.1 Å². The van der Waals surface area contributed by atoms with Crippen LogP contribution in [0.15, 0.2) is 29.2 Å². The number of para-hydroxylation sites is 1. The highest BCUT2D eigenvalue weighted by atomic mass is 32.2. The lowest BCUT2D eigenvalue weighted by atomic mass is 10.1. The predicted molar refractivity (Wildman–Crippen MR) is 107 cm³/mol. The molecule has 1 amide bonds. The highest BCUT2D eigenvalue weighted by Gasteiger charge is 2.46. The first kappa shape index (κ1) is 23.1. The van der Waals surface area contributed by atoms with Crippen LogP contribution in [-0.4, -0.2) is 77.4 Å². The number of amides is 1. The van der Waals surface area contributed by atoms with Gasteiger partial charge in [0.15, 0.2) is 11.0 Å². The molecule has 2 aliphatic rings. The number of nitrogens with zero attached hydrogens (tertiary/aromatic N) is 3. The summed E-state index contributed by atoms with van der Waals surface area (Å²) in [5, 5.41) is 21.3. The van der Waals surface area contributed by atoms with Crippen molar-refractivity contribution in [1.29, 1.82) is 0 Å². The van der Waals surface area contributed by atoms with Crippen LogP contribution in [0.25, 0.3) is 0 Å². The second-order valence-electron chi connectivity index (χ2n) is 7.67. The van der Waals surface area contributed by atoms with Crippen molar-refractivity contribution >= 4 is 27.6 Å². The molecule has 0 bridgehead atoms. The zero-order valence-corrected chi connectivity index (χ0v) is 17.9. The van der Waals surface area contributed by atoms with Crippen molar-refractivity contribution in [3.8, 4) is 0 Å². The molecule has 0 spiro atoms. The van der Waals surface area contributed by atoms with Crippen molar-refractivity contribution in [2.45, 2.75) is 55.8 Å². The summed E-state index contributed by atoms with van der Waals surface area (Å²) in [6, 6.07) is 3.39. The van der Waals surface area contributed by atoms with Crippen molar-refractivity contribution in [1.82, 2.24) is 9.21 Å². The van der Waals surface area contributed by atoms with Crippen LogP contribution in [0.5, 0.6) is 0 Å². The van der Waals surface area contributed by atoms with E-state index < -0.39 is 56.3 Å². The minimum atomic E-state index is -4.48. The summed E-state index contributed by atoms with van der Waals surface area (Å²) in [5.74, 6) is -1.34. The fourth-order valence-corrected chi connectivity index (χ4v) is 5.68. The fraction of sp³-hybridized carbons (Fsp3) is 0.579. The highest BCUT2D eigenvalue weighted by molar-refractivity contribution is 7.89. The third kappa shape index (κ3) is 4.86. The van der Waals surface area contributed by atoms with Crippen LogP contribution in [0.1, 0.15) is 32.6 Å². The van der Waals surface area contributed by atoms with Gasteiger partial charge in [-0.15, -0.1) is 0 Å². The number of carbonyl (C=O) groups is 2. The summed E-state index contributed by atoms with van der Waals surface area (Å²) >= 11 is 0. The topological polar surface area (TPSA) is 147 Å². The summed E-state index contributed by atoms with van der Waals surface area (Å²) in [4.78, 5) is 36.7. The van der Waals surface area contributed by atoms with Crippen LogP contribution in [0.3, 0.4) is 0 Å². The molecule has 11 nitrogen and oxygen atoms in total. The Morgan fingerprint density at radius 1 is 1.23 bits per heavy atom. The lowest BCUT2D eigenvalue weighted by molar-refractivity contribution is -0.387. The van der Waals surface area contributed by atoms with Gasteiger partial charge in [0.2, 0.25) is 0 Å². The normalized spacial score (nSPS) is 23.4. The van der Waals surface area contributed by atoms with Gasteiger partial charge in [-0.3, -0.25) is 19.7 Å². The lowest BCUT2D eigenvalue weighted by Crippen LogP contribution is -2.46. The van der Waals surface area contributed by atoms with E-state index in [1.54, 1.807) is 4.90 Å². The van der Waals surface area contributed by atoms with E-state index in [-0.39, 0.29) is 12.3 Å². The highest BCUT2D eigenvalue weighted by Crippen LogP contribution is 2.32. The number of aliphatic hydroxyl groups is 1. The minimum Gasteiger partial charge on any atom is -0.451 e. The maximum Gasteiger partial charge on any atom is 0.325 e. The molecule has 0 saturated carbocycles. The van der Waals surface area contributed by atoms with E-state index in [0.29, 0.717) is 17.4 Å². The zero-order chi connectivity index (χ0) is 22.8. The van der Waals surface area contributed by atoms with Crippen molar-refractivity contribution in [2.75, 3.05) is 19.6 Å². The molecule has 0 radical (unpaired) electrons. The molecule has 0 aromatic heterocycles. The molecule has 2 saturated heterocycles. The lowest BCUT2D eigenvalue weighted by Gasteiger charge is -2.30. The Balaban J connectivity index is 1.80. The number of β-amino-alcohol motifs (C(OH)–C–C–N with tert-alkyl or cyclic N) is 1. The summed E-state index contributed by atoms with van der Waals surface area (Å²) < 4.78 is 32.2. The molecule has 1 aromatic carbocycles. The van der Waals surface area contributed by atoms with Gasteiger partial charge in [0.05, 0.1) is 11.0 Å². The molecule has 0 unspecified atom stereocenters. The summed E-state index contributed by atoms with van der Waals surface area (Å²) in [6.45, 7) is 2.14. The SMILES string of the molecule is C[C@H](OC(=O)[C@H]1C[C@H](O)CN1S(=O)(=O)c1ccccc1[N+](=O)[O-])C(=O)N1CCCCC1. The third-order valence-electron chi connectivity index (χ3n) is 5.46. The summed E-state index contributed by atoms with van der Waals surface area (Å²) in [6.07, 6.45) is 0.258. The standard InChI is InChI=1S/C19H25N3O8S/c1-13(18(24)20-9-5-2-6-10-20)30-19(25)16-11-14(23)12-21(16)31(28,29)17-8-4-3-7-15(17)22(26)27/h3-4,7-8,13-14,16,23H,2,5-6,9-12H2,1H3/t13-,14-,16+/m0/s1. The molecule has 3 atom stereocenters. The first-order valence-corrected chi connectivity index (χ1v) is 11.5. The van der Waals surface area contributed by atoms with Gasteiger partial charge in [-0.1, -0.05) is 12.1 Å². The number of benzene rings is 1. The van der Waals surface area contributed by atoms with Crippen molar-refractivity contribution in [2.24, 2.45) is 0 Å². The van der Waals surface area contributed by atoms with Gasteiger partial charge >= 0.3 is 5.97 Å². The Morgan fingerprint density at radius 2 is 1.87 bits per heavy atom. The number of likely N-dealkylation sites (tertiary alicyclic amines) is 1. The molecular weight excluding hydrogens is 430 g/mol. The van der Waals surface area contributed by atoms with Gasteiger partial charge < -0.3 is 14.7 Å². The second kappa shape index (κ2) is 9.28. The van der Waals surface area contributed by atoms with Gasteiger partial charge in [-0.05, 0) is 32.3 Å². The van der Waals surface area contributed by atoms with E-state index in [1.165, 1.54) is 19.1 Å². The van der Waals surface area contributed by atoms with E-state index in [9.17, 15) is 33.2 Å². The van der Waals surface area contributed by atoms with Gasteiger partial charge in [0.25, 0.3) is 21.6 Å². The molecule has 12 heteroatoms. The van der Waals surface area contributed by atoms with Crippen LogP contribution >= 0.6 is 0 Å². The molecular formula is C19H25N3O8S. The quantitative estimate of drug-likeness (QED) is 0.374. The number of hydrogen-bond acceptors (Lipinski definition) is 8. The number of rotatable bonds is 6. The van der Waals surface area contributed by atoms with Crippen LogP contribution in [0.4, 0.5) is 5.69 Å². The van der Waals surface area contributed by atoms with Crippen LogP contribution < -0.4 is 0 Å². The molecule has 2 fully saturated rings. The first-order valence-electron chi connectivity index (χ1n) is 10.1. The largest absolute Gasteiger partial charge is 0.451 e. The number of esters is 1. The molecule has 1 N–H and O–H groups in total. The number of sulfonamides is 1. The van der Waals surface area contributed by atoms with Gasteiger partial charge in [0, 0.05) is 32.1 Å². The second-order valence-corrected chi connectivity index (χ2v) is 9.53. The summed E-state index contributed by atoms with van der Waals surface area (Å²) in [5.41, 5.74) is -0.635. The molecule has 1 aromatic rings. The maximum atomic E-state index is 13.1. The van der Waals surface area contributed by atoms with E-state index in [4.69, 9.17) is 4.74 Å². The van der Waals surface area contributed by atoms with Crippen molar-refractivity contribution < 1.29 is 32.8 Å². The van der Waals surface area contributed by atoms with Crippen LogP contribution in [-0.2, 0) is 24.3 Å².